The number of ether oxygens (including phenoxy) is 1. The molecule has 0 unspecified atom stereocenters. The molecule has 2 aromatic rings. The molecule has 0 spiro atoms. The lowest BCUT2D eigenvalue weighted by molar-refractivity contribution is 0.205. The standard InChI is InChI=1S/C18H21BrN2O3/c1-4-13-8-9-17(12(2)10-13)24-11-14-15(19)6-5-7-16(14)21(23)18(22)20-3/h5-10,23H,4,11H2,1-3H3,(H,20,22). The second-order valence-electron chi connectivity index (χ2n) is 5.35. The lowest BCUT2D eigenvalue weighted by Gasteiger charge is -2.20. The van der Waals surface area contributed by atoms with Gasteiger partial charge in [0.05, 0.1) is 5.69 Å². The highest BCUT2D eigenvalue weighted by molar-refractivity contribution is 9.10. The first kappa shape index (κ1) is 18.3. The number of urea groups is 1. The normalized spacial score (nSPS) is 10.4. The highest BCUT2D eigenvalue weighted by Gasteiger charge is 2.18. The van der Waals surface area contributed by atoms with E-state index in [-0.39, 0.29) is 6.61 Å². The summed E-state index contributed by atoms with van der Waals surface area (Å²) in [6.45, 7) is 4.33. The third-order valence-electron chi connectivity index (χ3n) is 3.75. The van der Waals surface area contributed by atoms with E-state index in [4.69, 9.17) is 4.74 Å². The van der Waals surface area contributed by atoms with Crippen LogP contribution in [0.25, 0.3) is 0 Å². The smallest absolute Gasteiger partial charge is 0.345 e. The van der Waals surface area contributed by atoms with Crippen LogP contribution < -0.4 is 15.1 Å². The number of hydroxylamine groups is 1. The van der Waals surface area contributed by atoms with Crippen LogP contribution in [0.5, 0.6) is 5.75 Å². The molecule has 128 valence electrons. The van der Waals surface area contributed by atoms with E-state index in [9.17, 15) is 10.0 Å². The molecular formula is C18H21BrN2O3. The van der Waals surface area contributed by atoms with Crippen LogP contribution >= 0.6 is 15.9 Å². The molecule has 0 aliphatic heterocycles. The number of aryl methyl sites for hydroxylation is 2. The minimum absolute atomic E-state index is 0.219. The number of carbonyl (C=O) groups excluding carboxylic acids is 1. The van der Waals surface area contributed by atoms with Crippen LogP contribution in [-0.4, -0.2) is 18.3 Å². The predicted octanol–water partition coefficient (Wildman–Crippen LogP) is 4.43. The number of hydrogen-bond acceptors (Lipinski definition) is 3. The number of benzene rings is 2. The van der Waals surface area contributed by atoms with Crippen LogP contribution in [0, 0.1) is 6.92 Å². The van der Waals surface area contributed by atoms with Gasteiger partial charge in [-0.25, -0.2) is 4.79 Å². The molecule has 0 aliphatic carbocycles. The quantitative estimate of drug-likeness (QED) is 0.584. The zero-order chi connectivity index (χ0) is 17.7. The van der Waals surface area contributed by atoms with Gasteiger partial charge in [-0.05, 0) is 42.7 Å². The van der Waals surface area contributed by atoms with E-state index in [1.165, 1.54) is 12.6 Å². The van der Waals surface area contributed by atoms with Gasteiger partial charge in [-0.1, -0.05) is 41.1 Å². The van der Waals surface area contributed by atoms with Crippen molar-refractivity contribution in [3.8, 4) is 5.75 Å². The van der Waals surface area contributed by atoms with Gasteiger partial charge in [0.15, 0.2) is 0 Å². The molecule has 2 aromatic carbocycles. The Kier molecular flexibility index (Phi) is 6.23. The maximum absolute atomic E-state index is 11.7. The average molecular weight is 393 g/mol. The largest absolute Gasteiger partial charge is 0.489 e. The molecule has 2 amide bonds. The van der Waals surface area contributed by atoms with E-state index in [0.717, 1.165) is 22.2 Å². The SMILES string of the molecule is CCc1ccc(OCc2c(Br)cccc2N(O)C(=O)NC)c(C)c1. The second kappa shape index (κ2) is 8.17. The summed E-state index contributed by atoms with van der Waals surface area (Å²) in [4.78, 5) is 11.7. The molecule has 6 heteroatoms. The molecular weight excluding hydrogens is 372 g/mol. The molecule has 0 aromatic heterocycles. The van der Waals surface area contributed by atoms with E-state index in [1.54, 1.807) is 12.1 Å². The van der Waals surface area contributed by atoms with Crippen molar-refractivity contribution in [3.63, 3.8) is 0 Å². The van der Waals surface area contributed by atoms with Gasteiger partial charge in [0.1, 0.15) is 12.4 Å². The van der Waals surface area contributed by atoms with Gasteiger partial charge in [0, 0.05) is 17.1 Å². The van der Waals surface area contributed by atoms with Crippen LogP contribution in [0.4, 0.5) is 10.5 Å². The lowest BCUT2D eigenvalue weighted by atomic mass is 10.1. The number of rotatable bonds is 5. The fourth-order valence-corrected chi connectivity index (χ4v) is 2.82. The third kappa shape index (κ3) is 4.07. The van der Waals surface area contributed by atoms with Crippen LogP contribution in [0.2, 0.25) is 0 Å². The zero-order valence-corrected chi connectivity index (χ0v) is 15.6. The van der Waals surface area contributed by atoms with E-state index in [2.05, 4.69) is 34.2 Å². The maximum atomic E-state index is 11.7. The van der Waals surface area contributed by atoms with Crippen LogP contribution in [0.15, 0.2) is 40.9 Å². The molecule has 0 fully saturated rings. The Hall–Kier alpha value is -2.05. The molecule has 0 radical (unpaired) electrons. The molecule has 0 aliphatic rings. The van der Waals surface area contributed by atoms with E-state index < -0.39 is 6.03 Å². The van der Waals surface area contributed by atoms with Crippen LogP contribution in [-0.2, 0) is 13.0 Å². The predicted molar refractivity (Wildman–Crippen MR) is 97.8 cm³/mol. The van der Waals surface area contributed by atoms with Gasteiger partial charge >= 0.3 is 6.03 Å². The number of hydrogen-bond donors (Lipinski definition) is 2. The van der Waals surface area contributed by atoms with Crippen molar-refractivity contribution in [1.82, 2.24) is 5.32 Å². The van der Waals surface area contributed by atoms with Gasteiger partial charge in [0.25, 0.3) is 0 Å². The monoisotopic (exact) mass is 392 g/mol. The van der Waals surface area contributed by atoms with Crippen molar-refractivity contribution in [1.29, 1.82) is 0 Å². The molecule has 0 bridgehead atoms. The third-order valence-corrected chi connectivity index (χ3v) is 4.49. The zero-order valence-electron chi connectivity index (χ0n) is 14.0. The molecule has 2 N–H and O–H groups in total. The van der Waals surface area contributed by atoms with Crippen molar-refractivity contribution >= 4 is 27.6 Å². The Labute approximate surface area is 150 Å². The van der Waals surface area contributed by atoms with Gasteiger partial charge in [-0.15, -0.1) is 0 Å². The number of nitrogens with zero attached hydrogens (tertiary/aromatic N) is 1. The van der Waals surface area contributed by atoms with Crippen molar-refractivity contribution in [2.75, 3.05) is 12.1 Å². The molecule has 24 heavy (non-hydrogen) atoms. The summed E-state index contributed by atoms with van der Waals surface area (Å²) in [6.07, 6.45) is 0.973. The van der Waals surface area contributed by atoms with Crippen molar-refractivity contribution < 1.29 is 14.7 Å². The molecule has 5 nitrogen and oxygen atoms in total. The van der Waals surface area contributed by atoms with Gasteiger partial charge in [-0.3, -0.25) is 5.21 Å². The van der Waals surface area contributed by atoms with Gasteiger partial charge in [-0.2, -0.15) is 5.06 Å². The van der Waals surface area contributed by atoms with Crippen LogP contribution in [0.1, 0.15) is 23.6 Å². The summed E-state index contributed by atoms with van der Waals surface area (Å²) in [6, 6.07) is 10.7. The summed E-state index contributed by atoms with van der Waals surface area (Å²) in [7, 11) is 1.46. The van der Waals surface area contributed by atoms with Gasteiger partial charge < -0.3 is 10.1 Å². The molecule has 0 heterocycles. The summed E-state index contributed by atoms with van der Waals surface area (Å²) in [5.74, 6) is 0.776. The fourth-order valence-electron chi connectivity index (χ4n) is 2.35. The van der Waals surface area contributed by atoms with Crippen molar-refractivity contribution in [3.05, 3.63) is 57.6 Å². The number of carbonyl (C=O) groups is 1. The molecule has 0 saturated heterocycles. The summed E-state index contributed by atoms with van der Waals surface area (Å²) in [5, 5.41) is 13.0. The minimum Gasteiger partial charge on any atom is -0.489 e. The number of amides is 2. The first-order valence-corrected chi connectivity index (χ1v) is 8.47. The number of halogens is 1. The van der Waals surface area contributed by atoms with Gasteiger partial charge in [0.2, 0.25) is 0 Å². The summed E-state index contributed by atoms with van der Waals surface area (Å²) >= 11 is 3.45. The first-order valence-electron chi connectivity index (χ1n) is 7.68. The minimum atomic E-state index is -0.613. The first-order chi connectivity index (χ1) is 11.5. The van der Waals surface area contributed by atoms with E-state index in [1.807, 2.05) is 25.1 Å². The Morgan fingerprint density at radius 2 is 2.08 bits per heavy atom. The highest BCUT2D eigenvalue weighted by Crippen LogP contribution is 2.29. The van der Waals surface area contributed by atoms with E-state index in [0.29, 0.717) is 16.3 Å². The molecule has 0 saturated carbocycles. The number of anilines is 1. The Morgan fingerprint density at radius 3 is 2.71 bits per heavy atom. The Bertz CT molecular complexity index is 734. The lowest BCUT2D eigenvalue weighted by Crippen LogP contribution is -2.36. The van der Waals surface area contributed by atoms with Crippen molar-refractivity contribution in [2.45, 2.75) is 26.9 Å². The average Bonchev–Trinajstić information content (AvgIpc) is 2.59. The Balaban J connectivity index is 2.25. The Morgan fingerprint density at radius 1 is 1.33 bits per heavy atom. The summed E-state index contributed by atoms with van der Waals surface area (Å²) < 4.78 is 6.66. The van der Waals surface area contributed by atoms with Crippen molar-refractivity contribution in [2.24, 2.45) is 0 Å². The maximum Gasteiger partial charge on any atom is 0.345 e. The fraction of sp³-hybridized carbons (Fsp3) is 0.278. The highest BCUT2D eigenvalue weighted by atomic mass is 79.9. The number of nitrogens with one attached hydrogen (secondary N) is 1. The van der Waals surface area contributed by atoms with E-state index >= 15 is 0 Å². The summed E-state index contributed by atoms with van der Waals surface area (Å²) in [5.41, 5.74) is 3.35. The molecule has 2 rings (SSSR count). The molecule has 0 atom stereocenters. The topological polar surface area (TPSA) is 61.8 Å². The second-order valence-corrected chi connectivity index (χ2v) is 6.20. The van der Waals surface area contributed by atoms with Crippen LogP contribution in [0.3, 0.4) is 0 Å².